The van der Waals surface area contributed by atoms with Gasteiger partial charge in [0.05, 0.1) is 13.5 Å². The number of carbonyl (C=O) groups excluding carboxylic acids is 1. The van der Waals surface area contributed by atoms with Crippen LogP contribution in [0.3, 0.4) is 0 Å². The average molecular weight is 268 g/mol. The van der Waals surface area contributed by atoms with Crippen LogP contribution in [-0.4, -0.2) is 13.1 Å². The molecule has 0 aromatic heterocycles. The number of fused-ring (bicyclic) bond motifs is 1. The fourth-order valence-electron chi connectivity index (χ4n) is 2.56. The first-order valence-corrected chi connectivity index (χ1v) is 6.62. The van der Waals surface area contributed by atoms with Crippen LogP contribution in [0.5, 0.6) is 11.5 Å². The Labute approximate surface area is 118 Å². The summed E-state index contributed by atoms with van der Waals surface area (Å²) in [6.07, 6.45) is 0.377. The third-order valence-corrected chi connectivity index (χ3v) is 3.67. The predicted octanol–water partition coefficient (Wildman–Crippen LogP) is 3.44. The summed E-state index contributed by atoms with van der Waals surface area (Å²) in [6.45, 7) is 2.05. The van der Waals surface area contributed by atoms with Crippen LogP contribution >= 0.6 is 0 Å². The van der Waals surface area contributed by atoms with Crippen molar-refractivity contribution >= 4 is 5.97 Å². The molecule has 0 spiro atoms. The van der Waals surface area contributed by atoms with E-state index in [9.17, 15) is 4.79 Å². The zero-order valence-electron chi connectivity index (χ0n) is 11.6. The van der Waals surface area contributed by atoms with Gasteiger partial charge in [0.15, 0.2) is 0 Å². The van der Waals surface area contributed by atoms with E-state index in [1.54, 1.807) is 13.2 Å². The molecule has 0 fully saturated rings. The number of benzene rings is 2. The normalized spacial score (nSPS) is 17.3. The van der Waals surface area contributed by atoms with Gasteiger partial charge in [0, 0.05) is 17.5 Å². The van der Waals surface area contributed by atoms with Gasteiger partial charge in [-0.3, -0.25) is 4.79 Å². The molecule has 2 aromatic carbocycles. The molecule has 0 radical (unpaired) electrons. The molecule has 2 aromatic rings. The molecule has 3 rings (SSSR count). The van der Waals surface area contributed by atoms with E-state index in [1.165, 1.54) is 5.56 Å². The van der Waals surface area contributed by atoms with E-state index >= 15 is 0 Å². The highest BCUT2D eigenvalue weighted by molar-refractivity contribution is 5.78. The van der Waals surface area contributed by atoms with E-state index < -0.39 is 0 Å². The van der Waals surface area contributed by atoms with E-state index in [2.05, 4.69) is 31.2 Å². The van der Waals surface area contributed by atoms with Crippen molar-refractivity contribution in [2.45, 2.75) is 19.3 Å². The van der Waals surface area contributed by atoms with Crippen molar-refractivity contribution in [3.8, 4) is 11.5 Å². The average Bonchev–Trinajstić information content (AvgIpc) is 2.46. The summed E-state index contributed by atoms with van der Waals surface area (Å²) < 4.78 is 10.5. The third-order valence-electron chi connectivity index (χ3n) is 3.67. The molecular formula is C17H16O3. The van der Waals surface area contributed by atoms with Crippen molar-refractivity contribution in [2.24, 2.45) is 0 Å². The molecule has 1 atom stereocenters. The minimum absolute atomic E-state index is 0.0535. The lowest BCUT2D eigenvalue weighted by Gasteiger charge is -2.25. The van der Waals surface area contributed by atoms with Gasteiger partial charge in [-0.05, 0) is 18.6 Å². The first-order chi connectivity index (χ1) is 9.67. The monoisotopic (exact) mass is 268 g/mol. The number of hydrogen-bond acceptors (Lipinski definition) is 3. The van der Waals surface area contributed by atoms with Crippen LogP contribution in [0.15, 0.2) is 42.5 Å². The van der Waals surface area contributed by atoms with Crippen LogP contribution in [0.2, 0.25) is 0 Å². The minimum Gasteiger partial charge on any atom is -0.497 e. The molecule has 1 heterocycles. The maximum Gasteiger partial charge on any atom is 0.312 e. The second-order valence-corrected chi connectivity index (χ2v) is 5.05. The number of carbonyl (C=O) groups is 1. The lowest BCUT2D eigenvalue weighted by atomic mass is 9.86. The highest BCUT2D eigenvalue weighted by atomic mass is 16.5. The molecule has 0 saturated heterocycles. The van der Waals surface area contributed by atoms with Crippen LogP contribution in [0, 0.1) is 6.92 Å². The van der Waals surface area contributed by atoms with Gasteiger partial charge in [0.2, 0.25) is 0 Å². The van der Waals surface area contributed by atoms with E-state index in [1.807, 2.05) is 12.1 Å². The molecule has 102 valence electrons. The van der Waals surface area contributed by atoms with Gasteiger partial charge >= 0.3 is 5.97 Å². The highest BCUT2D eigenvalue weighted by Gasteiger charge is 2.28. The van der Waals surface area contributed by atoms with Gasteiger partial charge in [-0.1, -0.05) is 35.9 Å². The first-order valence-electron chi connectivity index (χ1n) is 6.62. The minimum atomic E-state index is -0.198. The number of aryl methyl sites for hydroxylation is 1. The van der Waals surface area contributed by atoms with Crippen LogP contribution < -0.4 is 9.47 Å². The molecule has 1 aliphatic heterocycles. The van der Waals surface area contributed by atoms with Crippen molar-refractivity contribution in [3.63, 3.8) is 0 Å². The van der Waals surface area contributed by atoms with Crippen molar-refractivity contribution in [1.82, 2.24) is 0 Å². The van der Waals surface area contributed by atoms with Gasteiger partial charge < -0.3 is 9.47 Å². The Balaban J connectivity index is 2.05. The molecule has 0 bridgehead atoms. The fraction of sp³-hybridized carbons (Fsp3) is 0.235. The summed E-state index contributed by atoms with van der Waals surface area (Å²) in [5, 5.41) is 0. The number of methoxy groups -OCH3 is 1. The van der Waals surface area contributed by atoms with Gasteiger partial charge in [0.25, 0.3) is 0 Å². The molecule has 0 amide bonds. The Hall–Kier alpha value is -2.29. The molecule has 1 aliphatic rings. The Morgan fingerprint density at radius 3 is 2.60 bits per heavy atom. The topological polar surface area (TPSA) is 35.5 Å². The van der Waals surface area contributed by atoms with Crippen molar-refractivity contribution in [3.05, 3.63) is 59.2 Å². The Morgan fingerprint density at radius 1 is 1.15 bits per heavy atom. The van der Waals surface area contributed by atoms with E-state index in [0.29, 0.717) is 17.9 Å². The largest absolute Gasteiger partial charge is 0.497 e. The summed E-state index contributed by atoms with van der Waals surface area (Å²) in [7, 11) is 1.60. The Bertz CT molecular complexity index is 644. The standard InChI is InChI=1S/C17H16O3/c1-11-3-5-12(6-4-11)15-10-17(18)20-16-9-13(19-2)7-8-14(15)16/h3-9,15H,10H2,1-2H3/t15-/m0/s1. The van der Waals surface area contributed by atoms with Gasteiger partial charge in [-0.15, -0.1) is 0 Å². The first kappa shape index (κ1) is 12.7. The predicted molar refractivity (Wildman–Crippen MR) is 76.3 cm³/mol. The van der Waals surface area contributed by atoms with Crippen LogP contribution in [0.25, 0.3) is 0 Å². The van der Waals surface area contributed by atoms with Crippen molar-refractivity contribution < 1.29 is 14.3 Å². The molecule has 3 nitrogen and oxygen atoms in total. The fourth-order valence-corrected chi connectivity index (χ4v) is 2.56. The van der Waals surface area contributed by atoms with E-state index in [0.717, 1.165) is 11.1 Å². The summed E-state index contributed by atoms with van der Waals surface area (Å²) >= 11 is 0. The van der Waals surface area contributed by atoms with Gasteiger partial charge in [0.1, 0.15) is 11.5 Å². The molecule has 0 aliphatic carbocycles. The molecule has 0 saturated carbocycles. The SMILES string of the molecule is COc1ccc2c(c1)OC(=O)C[C@H]2c1ccc(C)cc1. The van der Waals surface area contributed by atoms with Gasteiger partial charge in [-0.2, -0.15) is 0 Å². The number of rotatable bonds is 2. The second kappa shape index (κ2) is 5.00. The number of ether oxygens (including phenoxy) is 2. The van der Waals surface area contributed by atoms with Crippen LogP contribution in [0.1, 0.15) is 29.0 Å². The Morgan fingerprint density at radius 2 is 1.90 bits per heavy atom. The summed E-state index contributed by atoms with van der Waals surface area (Å²) in [5.41, 5.74) is 3.38. The number of esters is 1. The lowest BCUT2D eigenvalue weighted by Crippen LogP contribution is -2.21. The molecule has 0 N–H and O–H groups in total. The summed E-state index contributed by atoms with van der Waals surface area (Å²) in [5.74, 6) is 1.15. The zero-order valence-corrected chi connectivity index (χ0v) is 11.6. The van der Waals surface area contributed by atoms with Crippen molar-refractivity contribution in [1.29, 1.82) is 0 Å². The number of hydrogen-bond donors (Lipinski definition) is 0. The van der Waals surface area contributed by atoms with Gasteiger partial charge in [-0.25, -0.2) is 0 Å². The molecule has 0 unspecified atom stereocenters. The summed E-state index contributed by atoms with van der Waals surface area (Å²) in [6, 6.07) is 13.9. The second-order valence-electron chi connectivity index (χ2n) is 5.05. The van der Waals surface area contributed by atoms with E-state index in [4.69, 9.17) is 9.47 Å². The zero-order chi connectivity index (χ0) is 14.1. The molecule has 20 heavy (non-hydrogen) atoms. The smallest absolute Gasteiger partial charge is 0.312 e. The Kier molecular flexibility index (Phi) is 3.18. The highest BCUT2D eigenvalue weighted by Crippen LogP contribution is 2.40. The van der Waals surface area contributed by atoms with E-state index in [-0.39, 0.29) is 11.9 Å². The van der Waals surface area contributed by atoms with Crippen LogP contribution in [0.4, 0.5) is 0 Å². The molecule has 3 heteroatoms. The molecular weight excluding hydrogens is 252 g/mol. The van der Waals surface area contributed by atoms with Crippen molar-refractivity contribution in [2.75, 3.05) is 7.11 Å². The quantitative estimate of drug-likeness (QED) is 0.618. The maximum absolute atomic E-state index is 11.8. The summed E-state index contributed by atoms with van der Waals surface area (Å²) in [4.78, 5) is 11.8. The maximum atomic E-state index is 11.8. The lowest BCUT2D eigenvalue weighted by molar-refractivity contribution is -0.135. The van der Waals surface area contributed by atoms with Crippen LogP contribution in [-0.2, 0) is 4.79 Å². The third kappa shape index (κ3) is 2.27.